The smallest absolute Gasteiger partial charge is 0.231 e. The quantitative estimate of drug-likeness (QED) is 0.888. The second-order valence-electron chi connectivity index (χ2n) is 3.99. The Bertz CT molecular complexity index is 357. The Hall–Kier alpha value is -0.930. The van der Waals surface area contributed by atoms with E-state index in [0.717, 1.165) is 23.5 Å². The molecule has 0 aromatic heterocycles. The van der Waals surface area contributed by atoms with Gasteiger partial charge in [-0.1, -0.05) is 32.4 Å². The summed E-state index contributed by atoms with van der Waals surface area (Å²) in [6.07, 6.45) is 1.06. The van der Waals surface area contributed by atoms with Crippen molar-refractivity contribution in [3.05, 3.63) is 23.8 Å². The van der Waals surface area contributed by atoms with Gasteiger partial charge in [0, 0.05) is 11.6 Å². The van der Waals surface area contributed by atoms with E-state index >= 15 is 0 Å². The fourth-order valence-corrected chi connectivity index (χ4v) is 1.78. The lowest BCUT2D eigenvalue weighted by molar-refractivity contribution is 0.172. The van der Waals surface area contributed by atoms with Crippen LogP contribution in [-0.4, -0.2) is 6.79 Å². The van der Waals surface area contributed by atoms with Crippen LogP contribution in [0.1, 0.15) is 31.9 Å². The first-order valence-corrected chi connectivity index (χ1v) is 5.38. The Morgan fingerprint density at radius 3 is 2.81 bits per heavy atom. The fraction of sp³-hybridized carbons (Fsp3) is 0.500. The number of hydrogen-bond acceptors (Lipinski definition) is 3. The molecule has 2 atom stereocenters. The van der Waals surface area contributed by atoms with Gasteiger partial charge in [0.05, 0.1) is 0 Å². The summed E-state index contributed by atoms with van der Waals surface area (Å²) in [4.78, 5) is 0. The average Bonchev–Trinajstić information content (AvgIpc) is 2.74. The zero-order valence-corrected chi connectivity index (χ0v) is 10.4. The van der Waals surface area contributed by atoms with Crippen LogP contribution in [0.4, 0.5) is 0 Å². The minimum Gasteiger partial charge on any atom is -0.454 e. The topological polar surface area (TPSA) is 44.5 Å². The first kappa shape index (κ1) is 13.1. The highest BCUT2D eigenvalue weighted by atomic mass is 35.5. The van der Waals surface area contributed by atoms with E-state index in [1.54, 1.807) is 0 Å². The highest BCUT2D eigenvalue weighted by Crippen LogP contribution is 2.39. The van der Waals surface area contributed by atoms with E-state index in [1.807, 2.05) is 18.2 Å². The summed E-state index contributed by atoms with van der Waals surface area (Å²) in [5, 5.41) is 0. The molecule has 2 rings (SSSR count). The molecule has 0 spiro atoms. The molecule has 0 saturated carbocycles. The van der Waals surface area contributed by atoms with Crippen molar-refractivity contribution in [2.45, 2.75) is 26.3 Å². The van der Waals surface area contributed by atoms with Crippen molar-refractivity contribution in [3.63, 3.8) is 0 Å². The summed E-state index contributed by atoms with van der Waals surface area (Å²) < 4.78 is 10.8. The third-order valence-electron chi connectivity index (χ3n) is 3.04. The van der Waals surface area contributed by atoms with Gasteiger partial charge in [-0.25, -0.2) is 0 Å². The minimum atomic E-state index is 0. The van der Waals surface area contributed by atoms with Gasteiger partial charge in [0.1, 0.15) is 0 Å². The molecule has 1 unspecified atom stereocenters. The standard InChI is InChI=1S/C12H17NO2.ClH/c1-3-8(2)11(13)9-5-4-6-10-12(9)15-7-14-10;/h4-6,8,11H,3,7,13H2,1-2H3;1H/t8?,11-;/m0./s1. The Kier molecular flexibility index (Phi) is 4.44. The van der Waals surface area contributed by atoms with Gasteiger partial charge in [0.15, 0.2) is 11.5 Å². The number of halogens is 1. The zero-order chi connectivity index (χ0) is 10.8. The van der Waals surface area contributed by atoms with Crippen LogP contribution < -0.4 is 15.2 Å². The zero-order valence-electron chi connectivity index (χ0n) is 9.60. The number of ether oxygens (including phenoxy) is 2. The van der Waals surface area contributed by atoms with Crippen molar-refractivity contribution in [3.8, 4) is 11.5 Å². The molecule has 0 aliphatic carbocycles. The molecule has 1 aromatic rings. The maximum Gasteiger partial charge on any atom is 0.231 e. The monoisotopic (exact) mass is 243 g/mol. The predicted octanol–water partition coefficient (Wildman–Crippen LogP) is 2.88. The van der Waals surface area contributed by atoms with Gasteiger partial charge in [0.2, 0.25) is 6.79 Å². The van der Waals surface area contributed by atoms with Crippen LogP contribution in [0.15, 0.2) is 18.2 Å². The lowest BCUT2D eigenvalue weighted by Crippen LogP contribution is -2.18. The number of para-hydroxylation sites is 1. The van der Waals surface area contributed by atoms with Gasteiger partial charge in [-0.15, -0.1) is 12.4 Å². The summed E-state index contributed by atoms with van der Waals surface area (Å²) in [7, 11) is 0. The summed E-state index contributed by atoms with van der Waals surface area (Å²) >= 11 is 0. The number of nitrogens with two attached hydrogens (primary N) is 1. The highest BCUT2D eigenvalue weighted by Gasteiger charge is 2.23. The van der Waals surface area contributed by atoms with Crippen LogP contribution in [0.25, 0.3) is 0 Å². The average molecular weight is 244 g/mol. The molecule has 1 aliphatic heterocycles. The molecule has 1 aliphatic rings. The van der Waals surface area contributed by atoms with Crippen LogP contribution in [0.2, 0.25) is 0 Å². The molecule has 4 heteroatoms. The van der Waals surface area contributed by atoms with Gasteiger partial charge in [-0.3, -0.25) is 0 Å². The molecular weight excluding hydrogens is 226 g/mol. The van der Waals surface area contributed by atoms with Gasteiger partial charge in [0.25, 0.3) is 0 Å². The molecule has 2 N–H and O–H groups in total. The minimum absolute atomic E-state index is 0. The Morgan fingerprint density at radius 2 is 2.12 bits per heavy atom. The largest absolute Gasteiger partial charge is 0.454 e. The normalized spacial score (nSPS) is 16.4. The molecule has 0 amide bonds. The maximum atomic E-state index is 6.19. The lowest BCUT2D eigenvalue weighted by Gasteiger charge is -2.19. The van der Waals surface area contributed by atoms with Crippen LogP contribution in [-0.2, 0) is 0 Å². The van der Waals surface area contributed by atoms with Crippen molar-refractivity contribution in [1.82, 2.24) is 0 Å². The van der Waals surface area contributed by atoms with Crippen molar-refractivity contribution in [2.75, 3.05) is 6.79 Å². The molecular formula is C12H18ClNO2. The third-order valence-corrected chi connectivity index (χ3v) is 3.04. The SMILES string of the molecule is CCC(C)[C@H](N)c1cccc2c1OCO2.Cl. The van der Waals surface area contributed by atoms with E-state index in [2.05, 4.69) is 13.8 Å². The summed E-state index contributed by atoms with van der Waals surface area (Å²) in [6.45, 7) is 4.60. The molecule has 0 fully saturated rings. The predicted molar refractivity (Wildman–Crippen MR) is 66.2 cm³/mol. The third kappa shape index (κ3) is 2.25. The first-order valence-electron chi connectivity index (χ1n) is 5.38. The van der Waals surface area contributed by atoms with Gasteiger partial charge >= 0.3 is 0 Å². The van der Waals surface area contributed by atoms with Crippen molar-refractivity contribution in [1.29, 1.82) is 0 Å². The molecule has 1 heterocycles. The van der Waals surface area contributed by atoms with E-state index in [0.29, 0.717) is 12.7 Å². The summed E-state index contributed by atoms with van der Waals surface area (Å²) in [5.74, 6) is 2.08. The van der Waals surface area contributed by atoms with Crippen molar-refractivity contribution in [2.24, 2.45) is 11.7 Å². The lowest BCUT2D eigenvalue weighted by atomic mass is 9.92. The van der Waals surface area contributed by atoms with E-state index in [4.69, 9.17) is 15.2 Å². The van der Waals surface area contributed by atoms with E-state index in [1.165, 1.54) is 0 Å². The second-order valence-corrected chi connectivity index (χ2v) is 3.99. The second kappa shape index (κ2) is 5.41. The summed E-state index contributed by atoms with van der Waals surface area (Å²) in [6, 6.07) is 5.91. The highest BCUT2D eigenvalue weighted by molar-refractivity contribution is 5.85. The van der Waals surface area contributed by atoms with Gasteiger partial charge in [-0.2, -0.15) is 0 Å². The molecule has 16 heavy (non-hydrogen) atoms. The van der Waals surface area contributed by atoms with Crippen LogP contribution in [0.5, 0.6) is 11.5 Å². The number of hydrogen-bond donors (Lipinski definition) is 1. The number of fused-ring (bicyclic) bond motifs is 1. The molecule has 0 bridgehead atoms. The van der Waals surface area contributed by atoms with Gasteiger partial charge < -0.3 is 15.2 Å². The Labute approximate surface area is 102 Å². The first-order chi connectivity index (χ1) is 7.24. The van der Waals surface area contributed by atoms with Crippen LogP contribution >= 0.6 is 12.4 Å². The molecule has 3 nitrogen and oxygen atoms in total. The number of benzene rings is 1. The van der Waals surface area contributed by atoms with Crippen molar-refractivity contribution >= 4 is 12.4 Å². The fourth-order valence-electron chi connectivity index (χ4n) is 1.78. The van der Waals surface area contributed by atoms with E-state index in [-0.39, 0.29) is 18.4 Å². The molecule has 90 valence electrons. The van der Waals surface area contributed by atoms with E-state index < -0.39 is 0 Å². The molecule has 0 radical (unpaired) electrons. The number of rotatable bonds is 3. The Morgan fingerprint density at radius 1 is 1.38 bits per heavy atom. The van der Waals surface area contributed by atoms with Gasteiger partial charge in [-0.05, 0) is 12.0 Å². The molecule has 0 saturated heterocycles. The summed E-state index contributed by atoms with van der Waals surface area (Å²) in [5.41, 5.74) is 7.24. The van der Waals surface area contributed by atoms with Crippen molar-refractivity contribution < 1.29 is 9.47 Å². The van der Waals surface area contributed by atoms with E-state index in [9.17, 15) is 0 Å². The van der Waals surface area contributed by atoms with Crippen LogP contribution in [0.3, 0.4) is 0 Å². The van der Waals surface area contributed by atoms with Crippen LogP contribution in [0, 0.1) is 5.92 Å². The molecule has 1 aromatic carbocycles. The maximum absolute atomic E-state index is 6.19. The Balaban J connectivity index is 0.00000128.